The largest absolute Gasteiger partial charge is 0.376 e. The number of carbonyl (C=O) groups is 1. The highest BCUT2D eigenvalue weighted by Gasteiger charge is 2.47. The number of H-pyrrole nitrogens is 1. The van der Waals surface area contributed by atoms with Crippen LogP contribution in [0.5, 0.6) is 0 Å². The third-order valence-electron chi connectivity index (χ3n) is 9.12. The van der Waals surface area contributed by atoms with Crippen molar-refractivity contribution in [3.8, 4) is 11.8 Å². The van der Waals surface area contributed by atoms with Gasteiger partial charge in [0.2, 0.25) is 5.91 Å². The van der Waals surface area contributed by atoms with Crippen LogP contribution in [0.4, 0.5) is 0 Å². The molecule has 0 saturated carbocycles. The van der Waals surface area contributed by atoms with Crippen molar-refractivity contribution in [2.24, 2.45) is 17.8 Å². The summed E-state index contributed by atoms with van der Waals surface area (Å²) in [6, 6.07) is 0. The van der Waals surface area contributed by atoms with E-state index in [0.29, 0.717) is 18.3 Å². The summed E-state index contributed by atoms with van der Waals surface area (Å²) in [6.45, 7) is 11.1. The van der Waals surface area contributed by atoms with Gasteiger partial charge in [0.05, 0.1) is 12.6 Å². The Hall–Kier alpha value is -2.37. The van der Waals surface area contributed by atoms with Crippen molar-refractivity contribution in [3.05, 3.63) is 32.6 Å². The number of aromatic amines is 1. The van der Waals surface area contributed by atoms with E-state index in [-0.39, 0.29) is 36.1 Å². The van der Waals surface area contributed by atoms with Crippen molar-refractivity contribution in [2.45, 2.75) is 156 Å². The lowest BCUT2D eigenvalue weighted by molar-refractivity contribution is -0.120. The summed E-state index contributed by atoms with van der Waals surface area (Å²) in [5.74, 6) is 6.54. The van der Waals surface area contributed by atoms with Crippen LogP contribution < -0.4 is 16.6 Å². The summed E-state index contributed by atoms with van der Waals surface area (Å²) in [6.07, 6.45) is 19.3. The third-order valence-corrected chi connectivity index (χ3v) is 9.12. The van der Waals surface area contributed by atoms with Crippen molar-refractivity contribution in [1.29, 1.82) is 0 Å². The lowest BCUT2D eigenvalue weighted by atomic mass is 9.83. The first-order chi connectivity index (χ1) is 21.2. The van der Waals surface area contributed by atoms with E-state index in [0.717, 1.165) is 25.7 Å². The average Bonchev–Trinajstić information content (AvgIpc) is 3.36. The topological polar surface area (TPSA) is 102 Å². The molecule has 5 unspecified atom stereocenters. The maximum Gasteiger partial charge on any atom is 0.330 e. The summed E-state index contributed by atoms with van der Waals surface area (Å²) in [4.78, 5) is 40.0. The van der Waals surface area contributed by atoms with Crippen LogP contribution >= 0.6 is 0 Å². The molecule has 1 aliphatic rings. The summed E-state index contributed by atoms with van der Waals surface area (Å²) in [5.41, 5.74) is -0.953. The number of methoxy groups -OCH3 is 1. The summed E-state index contributed by atoms with van der Waals surface area (Å²) >= 11 is 0. The molecule has 0 aliphatic carbocycles. The number of amides is 1. The minimum Gasteiger partial charge on any atom is -0.376 e. The van der Waals surface area contributed by atoms with E-state index < -0.39 is 17.5 Å². The predicted octanol–water partition coefficient (Wildman–Crippen LogP) is 7.11. The van der Waals surface area contributed by atoms with Crippen molar-refractivity contribution >= 4 is 5.91 Å². The Bertz CT molecular complexity index is 1130. The molecule has 1 amide bonds. The highest BCUT2D eigenvalue weighted by Crippen LogP contribution is 2.42. The molecule has 5 atom stereocenters. The van der Waals surface area contributed by atoms with Gasteiger partial charge in [0.15, 0.2) is 6.23 Å². The number of unbranched alkanes of at least 4 members (excludes halogenated alkanes) is 12. The Balaban J connectivity index is 1.80. The monoisotopic (exact) mass is 615 g/mol. The Morgan fingerprint density at radius 3 is 2.11 bits per heavy atom. The lowest BCUT2D eigenvalue weighted by Crippen LogP contribution is -2.39. The fraction of sp³-hybridized carbons (Fsp3) is 0.806. The summed E-state index contributed by atoms with van der Waals surface area (Å²) in [7, 11) is 1.64. The Labute approximate surface area is 266 Å². The molecule has 2 N–H and O–H groups in total. The maximum atomic E-state index is 12.9. The second-order valence-electron chi connectivity index (χ2n) is 13.1. The molecule has 1 fully saturated rings. The number of nitrogens with one attached hydrogen (secondary N) is 2. The Kier molecular flexibility index (Phi) is 18.4. The highest BCUT2D eigenvalue weighted by atomic mass is 16.6. The van der Waals surface area contributed by atoms with Gasteiger partial charge in [0, 0.05) is 25.6 Å². The van der Waals surface area contributed by atoms with Gasteiger partial charge in [-0.05, 0) is 24.7 Å². The fourth-order valence-corrected chi connectivity index (χ4v) is 6.27. The number of hydrogen-bond acceptors (Lipinski definition) is 5. The second kappa shape index (κ2) is 21.4. The molecular formula is C36H61N3O5. The van der Waals surface area contributed by atoms with E-state index >= 15 is 0 Å². The van der Waals surface area contributed by atoms with Crippen molar-refractivity contribution in [3.63, 3.8) is 0 Å². The van der Waals surface area contributed by atoms with Crippen LogP contribution in [-0.4, -0.2) is 41.3 Å². The van der Waals surface area contributed by atoms with Gasteiger partial charge in [-0.1, -0.05) is 130 Å². The van der Waals surface area contributed by atoms with Gasteiger partial charge < -0.3 is 14.8 Å². The summed E-state index contributed by atoms with van der Waals surface area (Å²) < 4.78 is 13.7. The van der Waals surface area contributed by atoms with Gasteiger partial charge in [0.1, 0.15) is 11.7 Å². The first-order valence-electron chi connectivity index (χ1n) is 17.5. The van der Waals surface area contributed by atoms with Crippen LogP contribution in [0, 0.1) is 29.6 Å². The molecule has 0 radical (unpaired) electrons. The number of carbonyl (C=O) groups excluding carboxylic acids is 1. The van der Waals surface area contributed by atoms with Gasteiger partial charge in [0.25, 0.3) is 5.56 Å². The average molecular weight is 616 g/mol. The van der Waals surface area contributed by atoms with Gasteiger partial charge in [-0.25, -0.2) is 4.79 Å². The van der Waals surface area contributed by atoms with Crippen LogP contribution in [0.2, 0.25) is 0 Å². The van der Waals surface area contributed by atoms with Crippen LogP contribution in [-0.2, 0) is 14.3 Å². The molecular weight excluding hydrogens is 554 g/mol. The lowest BCUT2D eigenvalue weighted by Gasteiger charge is -2.27. The Morgan fingerprint density at radius 1 is 0.977 bits per heavy atom. The zero-order chi connectivity index (χ0) is 32.3. The molecule has 1 aliphatic heterocycles. The van der Waals surface area contributed by atoms with E-state index in [1.54, 1.807) is 7.11 Å². The van der Waals surface area contributed by atoms with E-state index in [1.807, 2.05) is 0 Å². The number of rotatable bonds is 21. The standard InChI is InChI=1S/C36H61N3O5/c1-7-9-10-11-12-13-14-15-16-17-18-19-20-23-31(40)37-24-21-22-29-26-39(36(42)38-34(29)41)35-33(43-6)32(27(3)4)30(44-35)25-28(5)8-2/h26-28,30,32-33,35H,7-20,23-25H2,1-6H3,(H,37,40)(H,38,41,42). The molecule has 8 nitrogen and oxygen atoms in total. The number of ether oxygens (including phenoxy) is 2. The van der Waals surface area contributed by atoms with Crippen LogP contribution in [0.15, 0.2) is 15.8 Å². The molecule has 0 bridgehead atoms. The molecule has 0 spiro atoms. The van der Waals surface area contributed by atoms with Crippen molar-refractivity contribution < 1.29 is 14.3 Å². The molecule has 1 aromatic rings. The highest BCUT2D eigenvalue weighted by molar-refractivity contribution is 5.76. The van der Waals surface area contributed by atoms with Gasteiger partial charge in [-0.15, -0.1) is 0 Å². The maximum absolute atomic E-state index is 12.9. The van der Waals surface area contributed by atoms with Gasteiger partial charge in [-0.2, -0.15) is 0 Å². The predicted molar refractivity (Wildman–Crippen MR) is 179 cm³/mol. The smallest absolute Gasteiger partial charge is 0.330 e. The van der Waals surface area contributed by atoms with Gasteiger partial charge in [-0.3, -0.25) is 19.1 Å². The van der Waals surface area contributed by atoms with Crippen LogP contribution in [0.3, 0.4) is 0 Å². The first-order valence-corrected chi connectivity index (χ1v) is 17.5. The van der Waals surface area contributed by atoms with Crippen LogP contribution in [0.1, 0.15) is 149 Å². The molecule has 250 valence electrons. The third kappa shape index (κ3) is 12.9. The second-order valence-corrected chi connectivity index (χ2v) is 13.1. The van der Waals surface area contributed by atoms with E-state index in [4.69, 9.17) is 9.47 Å². The zero-order valence-electron chi connectivity index (χ0n) is 28.6. The minimum absolute atomic E-state index is 0.0318. The van der Waals surface area contributed by atoms with E-state index in [9.17, 15) is 14.4 Å². The van der Waals surface area contributed by atoms with E-state index in [1.165, 1.54) is 81.4 Å². The van der Waals surface area contributed by atoms with Crippen LogP contribution in [0.25, 0.3) is 0 Å². The molecule has 1 aromatic heterocycles. The van der Waals surface area contributed by atoms with Crippen molar-refractivity contribution in [1.82, 2.24) is 14.9 Å². The number of aromatic nitrogens is 2. The van der Waals surface area contributed by atoms with Gasteiger partial charge >= 0.3 is 5.69 Å². The Morgan fingerprint density at radius 2 is 1.57 bits per heavy atom. The quantitative estimate of drug-likeness (QED) is 0.113. The molecule has 2 rings (SSSR count). The number of hydrogen-bond donors (Lipinski definition) is 2. The van der Waals surface area contributed by atoms with Crippen molar-refractivity contribution in [2.75, 3.05) is 13.7 Å². The van der Waals surface area contributed by atoms with E-state index in [2.05, 4.69) is 56.8 Å². The normalized spacial score (nSPS) is 20.4. The zero-order valence-corrected chi connectivity index (χ0v) is 28.6. The SMILES string of the molecule is CCCCCCCCCCCCCCCC(=O)NCC#Cc1cn(C2OC(CC(C)CC)C(C(C)C)C2OC)c(=O)[nH]c1=O. The molecule has 2 heterocycles. The molecule has 1 saturated heterocycles. The molecule has 0 aromatic carbocycles. The molecule has 44 heavy (non-hydrogen) atoms. The number of nitrogens with zero attached hydrogens (tertiary/aromatic N) is 1. The summed E-state index contributed by atoms with van der Waals surface area (Å²) in [5, 5.41) is 2.82. The minimum atomic E-state index is -0.661. The first kappa shape index (κ1) is 37.8. The fourth-order valence-electron chi connectivity index (χ4n) is 6.27. The molecule has 8 heteroatoms.